The molecule has 1 aliphatic heterocycles. The SMILES string of the molecule is O=C1Cc2ccccc2C1SC1=NCCS1.[O-][Cl+3]([O-])([O-])O. The summed E-state index contributed by atoms with van der Waals surface area (Å²) in [6.07, 6.45) is 0.589. The van der Waals surface area contributed by atoms with Crippen molar-refractivity contribution in [1.82, 2.24) is 0 Å². The minimum Gasteiger partial charge on any atom is -0.298 e. The van der Waals surface area contributed by atoms with E-state index >= 15 is 0 Å². The zero-order valence-electron chi connectivity index (χ0n) is 10.7. The first-order chi connectivity index (χ1) is 9.84. The molecular formula is C12H12ClNO5S2. The predicted octanol–water partition coefficient (Wildman–Crippen LogP) is -1.44. The van der Waals surface area contributed by atoms with Crippen LogP contribution in [-0.2, 0) is 11.2 Å². The number of ketones is 1. The van der Waals surface area contributed by atoms with E-state index < -0.39 is 10.2 Å². The van der Waals surface area contributed by atoms with Crippen molar-refractivity contribution in [1.29, 1.82) is 0 Å². The molecule has 0 saturated heterocycles. The molecule has 1 aromatic rings. The second-order valence-corrected chi connectivity index (χ2v) is 7.46. The van der Waals surface area contributed by atoms with E-state index in [2.05, 4.69) is 17.1 Å². The fourth-order valence-corrected chi connectivity index (χ4v) is 4.31. The van der Waals surface area contributed by atoms with Crippen molar-refractivity contribution in [2.45, 2.75) is 11.7 Å². The molecule has 114 valence electrons. The van der Waals surface area contributed by atoms with E-state index in [1.165, 1.54) is 11.1 Å². The van der Waals surface area contributed by atoms with Gasteiger partial charge in [-0.05, 0) is 11.1 Å². The maximum absolute atomic E-state index is 11.9. The minimum atomic E-state index is -4.69. The molecule has 1 N–H and O–H groups in total. The van der Waals surface area contributed by atoms with Crippen molar-refractivity contribution in [3.63, 3.8) is 0 Å². The van der Waals surface area contributed by atoms with Crippen LogP contribution in [0.5, 0.6) is 0 Å². The Morgan fingerprint density at radius 1 is 1.33 bits per heavy atom. The van der Waals surface area contributed by atoms with E-state index in [0.29, 0.717) is 12.2 Å². The quantitative estimate of drug-likeness (QED) is 0.659. The standard InChI is InChI=1S/C12H11NOS2.ClHO4/c14-10-7-8-3-1-2-4-9(8)11(10)16-12-13-5-6-15-12;2-1(3,4)5/h1-4,11H,5-7H2;(H,2,3,4,5). The number of thioether (sulfide) groups is 2. The van der Waals surface area contributed by atoms with Gasteiger partial charge in [0.1, 0.15) is 4.38 Å². The largest absolute Gasteiger partial charge is 0.298 e. The Morgan fingerprint density at radius 3 is 2.62 bits per heavy atom. The summed E-state index contributed by atoms with van der Waals surface area (Å²) in [5.74, 6) is 1.38. The molecule has 21 heavy (non-hydrogen) atoms. The van der Waals surface area contributed by atoms with Gasteiger partial charge in [-0.25, -0.2) is 0 Å². The van der Waals surface area contributed by atoms with E-state index in [0.717, 1.165) is 16.7 Å². The number of halogens is 1. The van der Waals surface area contributed by atoms with Crippen LogP contribution in [0, 0.1) is 10.2 Å². The molecule has 0 amide bonds. The zero-order chi connectivity index (χ0) is 15.5. The van der Waals surface area contributed by atoms with Gasteiger partial charge in [-0.2, -0.15) is 14.0 Å². The monoisotopic (exact) mass is 349 g/mol. The van der Waals surface area contributed by atoms with E-state index in [1.807, 2.05) is 12.1 Å². The van der Waals surface area contributed by atoms with Crippen molar-refractivity contribution in [3.05, 3.63) is 35.4 Å². The van der Waals surface area contributed by atoms with Crippen LogP contribution >= 0.6 is 23.5 Å². The summed E-state index contributed by atoms with van der Waals surface area (Å²) in [5.41, 5.74) is 2.38. The number of rotatable bonds is 1. The van der Waals surface area contributed by atoms with Crippen LogP contribution in [0.2, 0.25) is 0 Å². The highest BCUT2D eigenvalue weighted by atomic mass is 35.7. The van der Waals surface area contributed by atoms with E-state index in [4.69, 9.17) is 18.6 Å². The van der Waals surface area contributed by atoms with Crippen molar-refractivity contribution < 1.29 is 33.7 Å². The van der Waals surface area contributed by atoms with Gasteiger partial charge >= 0.3 is 0 Å². The zero-order valence-corrected chi connectivity index (χ0v) is 13.1. The predicted molar refractivity (Wildman–Crippen MR) is 72.5 cm³/mol. The lowest BCUT2D eigenvalue weighted by Crippen LogP contribution is -2.58. The Kier molecular flexibility index (Phi) is 5.67. The third kappa shape index (κ3) is 5.26. The second kappa shape index (κ2) is 7.10. The van der Waals surface area contributed by atoms with Crippen molar-refractivity contribution in [2.75, 3.05) is 12.3 Å². The first-order valence-electron chi connectivity index (χ1n) is 5.92. The number of nitrogens with zero attached hydrogens (tertiary/aromatic N) is 1. The number of fused-ring (bicyclic) bond motifs is 1. The van der Waals surface area contributed by atoms with Crippen LogP contribution in [0.1, 0.15) is 16.4 Å². The van der Waals surface area contributed by atoms with Crippen LogP contribution in [0.25, 0.3) is 0 Å². The lowest BCUT2D eigenvalue weighted by Gasteiger charge is -2.08. The summed E-state index contributed by atoms with van der Waals surface area (Å²) < 4.78 is 33.8. The Hall–Kier alpha value is -0.610. The first kappa shape index (κ1) is 16.8. The molecule has 2 aliphatic rings. The van der Waals surface area contributed by atoms with Crippen molar-refractivity contribution >= 4 is 33.7 Å². The summed E-state index contributed by atoms with van der Waals surface area (Å²) in [6, 6.07) is 8.13. The Bertz CT molecular complexity index is 555. The molecule has 0 spiro atoms. The van der Waals surface area contributed by atoms with Crippen LogP contribution in [0.4, 0.5) is 0 Å². The molecule has 0 saturated carbocycles. The summed E-state index contributed by atoms with van der Waals surface area (Å²) in [5, 5.41) is -0.0134. The highest BCUT2D eigenvalue weighted by Crippen LogP contribution is 2.42. The average molecular weight is 350 g/mol. The molecule has 6 nitrogen and oxygen atoms in total. The van der Waals surface area contributed by atoms with Crippen LogP contribution < -0.4 is 14.0 Å². The topological polar surface area (TPSA) is 119 Å². The van der Waals surface area contributed by atoms with E-state index in [-0.39, 0.29) is 5.25 Å². The first-order valence-corrected chi connectivity index (χ1v) is 9.05. The summed E-state index contributed by atoms with van der Waals surface area (Å²) in [4.78, 5) is 16.3. The third-order valence-corrected chi connectivity index (χ3v) is 5.26. The molecule has 0 aromatic heterocycles. The van der Waals surface area contributed by atoms with Gasteiger partial charge in [0, 0.05) is 12.2 Å². The van der Waals surface area contributed by atoms with Gasteiger partial charge in [0.2, 0.25) is 0 Å². The maximum atomic E-state index is 11.9. The fourth-order valence-electron chi connectivity index (χ4n) is 2.02. The minimum absolute atomic E-state index is 0.0134. The molecule has 0 fully saturated rings. The molecule has 1 aliphatic carbocycles. The van der Waals surface area contributed by atoms with Gasteiger partial charge in [0.15, 0.2) is 5.78 Å². The van der Waals surface area contributed by atoms with Gasteiger partial charge in [0.25, 0.3) is 0 Å². The van der Waals surface area contributed by atoms with Gasteiger partial charge < -0.3 is 0 Å². The van der Waals surface area contributed by atoms with Gasteiger partial charge in [0.05, 0.1) is 26.7 Å². The number of aliphatic imine (C=N–C) groups is 1. The van der Waals surface area contributed by atoms with Crippen molar-refractivity contribution in [2.24, 2.45) is 4.99 Å². The highest BCUT2D eigenvalue weighted by Gasteiger charge is 2.32. The molecule has 3 rings (SSSR count). The number of carbonyl (C=O) groups is 1. The van der Waals surface area contributed by atoms with Crippen LogP contribution in [0.15, 0.2) is 29.3 Å². The number of hydrogen-bond donors (Lipinski definition) is 1. The maximum Gasteiger partial charge on any atom is 0.155 e. The van der Waals surface area contributed by atoms with Gasteiger partial charge in [-0.15, -0.1) is 0 Å². The van der Waals surface area contributed by atoms with Crippen LogP contribution in [0.3, 0.4) is 0 Å². The van der Waals surface area contributed by atoms with Crippen LogP contribution in [-0.4, -0.2) is 27.1 Å². The molecule has 1 atom stereocenters. The fraction of sp³-hybridized carbons (Fsp3) is 0.333. The summed E-state index contributed by atoms with van der Waals surface area (Å²) in [6.45, 7) is 0.898. The number of Topliss-reactive ketones (excluding diaryl/α,β-unsaturated/α-hetero) is 1. The lowest BCUT2D eigenvalue weighted by atomic mass is 10.1. The smallest absolute Gasteiger partial charge is 0.155 e. The summed E-state index contributed by atoms with van der Waals surface area (Å²) in [7, 11) is -4.69. The van der Waals surface area contributed by atoms with Crippen molar-refractivity contribution in [3.8, 4) is 0 Å². The molecule has 1 unspecified atom stereocenters. The number of hydrogen-bond acceptors (Lipinski definition) is 8. The summed E-state index contributed by atoms with van der Waals surface area (Å²) >= 11 is 3.40. The van der Waals surface area contributed by atoms with Gasteiger partial charge in [-0.1, -0.05) is 47.8 Å². The molecule has 9 heteroatoms. The van der Waals surface area contributed by atoms with E-state index in [9.17, 15) is 4.79 Å². The molecule has 0 bridgehead atoms. The normalized spacial score (nSPS) is 20.7. The lowest BCUT2D eigenvalue weighted by molar-refractivity contribution is -1.92. The molecule has 1 aromatic carbocycles. The Morgan fingerprint density at radius 2 is 2.00 bits per heavy atom. The van der Waals surface area contributed by atoms with Gasteiger partial charge in [-0.3, -0.25) is 9.79 Å². The molecular weight excluding hydrogens is 338 g/mol. The molecule has 0 radical (unpaired) electrons. The Balaban J connectivity index is 0.000000282. The number of carbonyl (C=O) groups excluding carboxylic acids is 1. The average Bonchev–Trinajstić information content (AvgIpc) is 2.97. The Labute approximate surface area is 132 Å². The molecule has 1 heterocycles. The third-order valence-electron chi connectivity index (χ3n) is 2.77. The number of benzene rings is 1. The second-order valence-electron chi connectivity index (χ2n) is 4.23. The highest BCUT2D eigenvalue weighted by molar-refractivity contribution is 8.39. The van der Waals surface area contributed by atoms with E-state index in [1.54, 1.807) is 23.5 Å².